The number of carbonyl (C=O) groups is 2. The van der Waals surface area contributed by atoms with Crippen LogP contribution in [0.15, 0.2) is 83.8 Å². The van der Waals surface area contributed by atoms with Crippen LogP contribution in [0.3, 0.4) is 0 Å². The number of carbonyl (C=O) groups excluding carboxylic acids is 2. The first-order valence-electron chi connectivity index (χ1n) is 12.6. The minimum atomic E-state index is -4.21. The zero-order chi connectivity index (χ0) is 28.6. The maximum atomic E-state index is 13.9. The van der Waals surface area contributed by atoms with Crippen LogP contribution < -0.4 is 9.62 Å². The van der Waals surface area contributed by atoms with E-state index in [-0.39, 0.29) is 39.0 Å². The quantitative estimate of drug-likeness (QED) is 0.305. The van der Waals surface area contributed by atoms with Gasteiger partial charge in [-0.3, -0.25) is 13.9 Å². The largest absolute Gasteiger partial charge is 0.354 e. The number of halogens is 2. The number of amides is 2. The highest BCUT2D eigenvalue weighted by Crippen LogP contribution is 2.33. The molecule has 0 aliphatic rings. The molecule has 0 heterocycles. The first-order chi connectivity index (χ1) is 18.5. The van der Waals surface area contributed by atoms with Gasteiger partial charge in [-0.25, -0.2) is 8.42 Å². The number of rotatable bonds is 12. The van der Waals surface area contributed by atoms with Crippen LogP contribution in [0.2, 0.25) is 10.0 Å². The van der Waals surface area contributed by atoms with Crippen LogP contribution in [-0.4, -0.2) is 50.8 Å². The molecule has 0 fully saturated rings. The summed E-state index contributed by atoms with van der Waals surface area (Å²) in [6, 6.07) is 20.9. The predicted octanol–water partition coefficient (Wildman–Crippen LogP) is 5.42. The van der Waals surface area contributed by atoms with Gasteiger partial charge in [0.15, 0.2) is 0 Å². The summed E-state index contributed by atoms with van der Waals surface area (Å²) in [4.78, 5) is 28.3. The molecule has 0 aliphatic carbocycles. The maximum absolute atomic E-state index is 13.9. The van der Waals surface area contributed by atoms with Crippen LogP contribution in [0, 0.1) is 5.92 Å². The smallest absolute Gasteiger partial charge is 0.264 e. The van der Waals surface area contributed by atoms with Gasteiger partial charge in [-0.05, 0) is 55.2 Å². The molecule has 0 saturated heterocycles. The Morgan fingerprint density at radius 3 is 2.13 bits per heavy atom. The Kier molecular flexibility index (Phi) is 10.8. The monoisotopic (exact) mass is 589 g/mol. The third-order valence-corrected chi connectivity index (χ3v) is 8.45. The molecule has 1 N–H and O–H groups in total. The van der Waals surface area contributed by atoms with E-state index in [1.54, 1.807) is 25.1 Å². The van der Waals surface area contributed by atoms with Gasteiger partial charge in [0, 0.05) is 18.1 Å². The zero-order valence-electron chi connectivity index (χ0n) is 22.2. The Morgan fingerprint density at radius 2 is 1.51 bits per heavy atom. The molecule has 0 radical (unpaired) electrons. The molecule has 0 saturated carbocycles. The molecule has 0 bridgehead atoms. The summed E-state index contributed by atoms with van der Waals surface area (Å²) in [6.07, 6.45) is 0.484. The van der Waals surface area contributed by atoms with E-state index in [2.05, 4.69) is 5.32 Å². The van der Waals surface area contributed by atoms with Gasteiger partial charge in [0.1, 0.15) is 12.6 Å². The second kappa shape index (κ2) is 13.8. The fourth-order valence-corrected chi connectivity index (χ4v) is 5.81. The Balaban J connectivity index is 1.99. The van der Waals surface area contributed by atoms with E-state index in [0.29, 0.717) is 13.0 Å². The molecule has 2 amide bonds. The van der Waals surface area contributed by atoms with Crippen LogP contribution in [0.25, 0.3) is 0 Å². The van der Waals surface area contributed by atoms with Crippen molar-refractivity contribution in [2.75, 3.05) is 23.9 Å². The summed E-state index contributed by atoms with van der Waals surface area (Å²) in [5.74, 6) is -0.636. The second-order valence-corrected chi connectivity index (χ2v) is 12.3. The summed E-state index contributed by atoms with van der Waals surface area (Å²) in [6.45, 7) is 5.68. The summed E-state index contributed by atoms with van der Waals surface area (Å²) >= 11 is 12.6. The van der Waals surface area contributed by atoms with Crippen molar-refractivity contribution in [3.8, 4) is 0 Å². The molecule has 39 heavy (non-hydrogen) atoms. The molecule has 1 atom stereocenters. The van der Waals surface area contributed by atoms with Gasteiger partial charge in [0.05, 0.1) is 15.6 Å². The van der Waals surface area contributed by atoms with Gasteiger partial charge in [-0.1, -0.05) is 85.6 Å². The molecular weight excluding hydrogens is 557 g/mol. The summed E-state index contributed by atoms with van der Waals surface area (Å²) in [5, 5.41) is 3.25. The van der Waals surface area contributed by atoms with Crippen molar-refractivity contribution in [2.24, 2.45) is 5.92 Å². The van der Waals surface area contributed by atoms with Crippen molar-refractivity contribution in [2.45, 2.75) is 38.1 Å². The summed E-state index contributed by atoms with van der Waals surface area (Å²) in [5.41, 5.74) is 1.05. The number of nitrogens with zero attached hydrogens (tertiary/aromatic N) is 2. The molecule has 3 rings (SSSR count). The highest BCUT2D eigenvalue weighted by molar-refractivity contribution is 7.92. The Bertz CT molecular complexity index is 1370. The van der Waals surface area contributed by atoms with Crippen molar-refractivity contribution in [1.29, 1.82) is 0 Å². The van der Waals surface area contributed by atoms with Gasteiger partial charge in [0.2, 0.25) is 11.8 Å². The van der Waals surface area contributed by atoms with Crippen LogP contribution in [0.4, 0.5) is 5.69 Å². The molecule has 0 spiro atoms. The van der Waals surface area contributed by atoms with Crippen LogP contribution in [0.5, 0.6) is 0 Å². The highest BCUT2D eigenvalue weighted by Gasteiger charge is 2.33. The van der Waals surface area contributed by atoms with Gasteiger partial charge in [0.25, 0.3) is 10.0 Å². The predicted molar refractivity (Wildman–Crippen MR) is 157 cm³/mol. The lowest BCUT2D eigenvalue weighted by molar-refractivity contribution is -0.138. The molecule has 7 nitrogen and oxygen atoms in total. The summed E-state index contributed by atoms with van der Waals surface area (Å²) in [7, 11) is -4.21. The molecule has 0 aromatic heterocycles. The number of nitrogens with one attached hydrogen (secondary N) is 1. The third-order valence-electron chi connectivity index (χ3n) is 6.12. The van der Waals surface area contributed by atoms with Crippen molar-refractivity contribution in [1.82, 2.24) is 10.2 Å². The molecule has 10 heteroatoms. The van der Waals surface area contributed by atoms with Gasteiger partial charge in [-0.2, -0.15) is 0 Å². The summed E-state index contributed by atoms with van der Waals surface area (Å²) < 4.78 is 28.5. The average molecular weight is 591 g/mol. The van der Waals surface area contributed by atoms with Gasteiger partial charge >= 0.3 is 0 Å². The second-order valence-electron chi connectivity index (χ2n) is 9.56. The molecule has 0 aliphatic heterocycles. The molecule has 3 aromatic rings. The molecule has 3 aromatic carbocycles. The Morgan fingerprint density at radius 1 is 0.897 bits per heavy atom. The standard InChI is InChI=1S/C29H33Cl2N3O4S/c1-21(2)19-32-29(36)22(3)33(17-16-23-10-6-4-7-11-23)28(35)20-34(27-18-24(30)14-15-26(27)31)39(37,38)25-12-8-5-9-13-25/h4-15,18,21-22H,16-17,19-20H2,1-3H3,(H,32,36). The number of hydrogen-bond donors (Lipinski definition) is 1. The van der Waals surface area contributed by atoms with E-state index in [1.807, 2.05) is 44.2 Å². The first kappa shape index (κ1) is 30.5. The van der Waals surface area contributed by atoms with E-state index in [0.717, 1.165) is 9.87 Å². The minimum absolute atomic E-state index is 0.00703. The van der Waals surface area contributed by atoms with Crippen molar-refractivity contribution >= 4 is 50.7 Å². The minimum Gasteiger partial charge on any atom is -0.354 e. The van der Waals surface area contributed by atoms with Crippen molar-refractivity contribution in [3.05, 3.63) is 94.5 Å². The average Bonchev–Trinajstić information content (AvgIpc) is 2.92. The number of sulfonamides is 1. The van der Waals surface area contributed by atoms with Crippen LogP contribution in [0.1, 0.15) is 26.3 Å². The topological polar surface area (TPSA) is 86.8 Å². The molecule has 208 valence electrons. The van der Waals surface area contributed by atoms with Crippen molar-refractivity contribution in [3.63, 3.8) is 0 Å². The van der Waals surface area contributed by atoms with E-state index in [4.69, 9.17) is 23.2 Å². The molecular formula is C29H33Cl2N3O4S. The van der Waals surface area contributed by atoms with E-state index in [1.165, 1.54) is 35.2 Å². The lowest BCUT2D eigenvalue weighted by atomic mass is 10.1. The number of hydrogen-bond acceptors (Lipinski definition) is 4. The first-order valence-corrected chi connectivity index (χ1v) is 14.8. The number of benzene rings is 3. The molecule has 1 unspecified atom stereocenters. The lowest BCUT2D eigenvalue weighted by Gasteiger charge is -2.32. The van der Waals surface area contributed by atoms with Gasteiger partial charge < -0.3 is 10.2 Å². The Hall–Kier alpha value is -3.07. The third kappa shape index (κ3) is 8.21. The zero-order valence-corrected chi connectivity index (χ0v) is 24.5. The van der Waals surface area contributed by atoms with Crippen LogP contribution in [-0.2, 0) is 26.0 Å². The lowest BCUT2D eigenvalue weighted by Crippen LogP contribution is -2.52. The fourth-order valence-electron chi connectivity index (χ4n) is 3.93. The maximum Gasteiger partial charge on any atom is 0.264 e. The number of anilines is 1. The van der Waals surface area contributed by atoms with E-state index < -0.39 is 28.5 Å². The fraction of sp³-hybridized carbons (Fsp3) is 0.310. The highest BCUT2D eigenvalue weighted by atomic mass is 35.5. The van der Waals surface area contributed by atoms with Gasteiger partial charge in [-0.15, -0.1) is 0 Å². The van der Waals surface area contributed by atoms with E-state index in [9.17, 15) is 18.0 Å². The Labute approximate surface area is 240 Å². The van der Waals surface area contributed by atoms with Crippen LogP contribution >= 0.6 is 23.2 Å². The normalized spacial score (nSPS) is 12.2. The van der Waals surface area contributed by atoms with Crippen molar-refractivity contribution < 1.29 is 18.0 Å². The van der Waals surface area contributed by atoms with E-state index >= 15 is 0 Å². The SMILES string of the molecule is CC(C)CNC(=O)C(C)N(CCc1ccccc1)C(=O)CN(c1cc(Cl)ccc1Cl)S(=O)(=O)c1ccccc1.